The van der Waals surface area contributed by atoms with Crippen molar-refractivity contribution in [2.75, 3.05) is 0 Å². The summed E-state index contributed by atoms with van der Waals surface area (Å²) in [4.78, 5) is 0. The van der Waals surface area contributed by atoms with E-state index >= 15 is 0 Å². The summed E-state index contributed by atoms with van der Waals surface area (Å²) in [7, 11) is 0. The molecule has 1 aromatic rings. The second-order valence-electron chi connectivity index (χ2n) is 5.83. The Morgan fingerprint density at radius 2 is 2.00 bits per heavy atom. The molecule has 90 valence electrons. The number of hydrogen-bond donors (Lipinski definition) is 0. The topological polar surface area (TPSA) is 0 Å². The fraction of sp³-hybridized carbons (Fsp3) is 0.333. The second kappa shape index (κ2) is 3.47. The summed E-state index contributed by atoms with van der Waals surface area (Å²) in [6.45, 7) is 4.57. The highest BCUT2D eigenvalue weighted by molar-refractivity contribution is 5.75. The van der Waals surface area contributed by atoms with Crippen molar-refractivity contribution >= 4 is 11.6 Å². The standard InChI is InChI=1S/C18H18/c1-11-3-5-13-8-10-16-12(2)4-6-14-7-9-15(11)17(13)18(14)16/h3-6,9-11,13H,7-8H2,1-2H3. The summed E-state index contributed by atoms with van der Waals surface area (Å²) >= 11 is 0. The first kappa shape index (κ1) is 10.4. The minimum atomic E-state index is 0.593. The zero-order valence-corrected chi connectivity index (χ0v) is 11.0. The minimum absolute atomic E-state index is 0.593. The molecule has 0 aliphatic heterocycles. The molecule has 0 heterocycles. The van der Waals surface area contributed by atoms with Crippen molar-refractivity contribution in [1.29, 1.82) is 0 Å². The lowest BCUT2D eigenvalue weighted by Gasteiger charge is -2.32. The van der Waals surface area contributed by atoms with Gasteiger partial charge in [-0.05, 0) is 58.4 Å². The van der Waals surface area contributed by atoms with E-state index in [4.69, 9.17) is 0 Å². The second-order valence-corrected chi connectivity index (χ2v) is 5.83. The molecule has 0 radical (unpaired) electrons. The van der Waals surface area contributed by atoms with Crippen LogP contribution in [0.4, 0.5) is 0 Å². The number of rotatable bonds is 0. The molecule has 4 rings (SSSR count). The maximum absolute atomic E-state index is 2.46. The first-order valence-electron chi connectivity index (χ1n) is 6.97. The smallest absolute Gasteiger partial charge is 0.00621 e. The highest BCUT2D eigenvalue weighted by Crippen LogP contribution is 2.38. The molecule has 0 amide bonds. The van der Waals surface area contributed by atoms with E-state index in [-0.39, 0.29) is 0 Å². The van der Waals surface area contributed by atoms with E-state index in [1.165, 1.54) is 22.8 Å². The zero-order valence-electron chi connectivity index (χ0n) is 11.0. The fourth-order valence-electron chi connectivity index (χ4n) is 3.77. The van der Waals surface area contributed by atoms with Crippen molar-refractivity contribution in [1.82, 2.24) is 0 Å². The molecule has 0 saturated heterocycles. The Balaban J connectivity index is 2.21. The number of benzene rings is 1. The van der Waals surface area contributed by atoms with Crippen LogP contribution < -0.4 is 10.4 Å². The quantitative estimate of drug-likeness (QED) is 0.605. The average Bonchev–Trinajstić information content (AvgIpc) is 2.40. The van der Waals surface area contributed by atoms with Crippen LogP contribution in [-0.4, -0.2) is 0 Å². The predicted molar refractivity (Wildman–Crippen MR) is 76.5 cm³/mol. The lowest BCUT2D eigenvalue weighted by atomic mass is 9.72. The maximum atomic E-state index is 2.46. The third-order valence-electron chi connectivity index (χ3n) is 4.74. The van der Waals surface area contributed by atoms with Gasteiger partial charge in [-0.3, -0.25) is 0 Å². The van der Waals surface area contributed by atoms with Crippen LogP contribution >= 0.6 is 0 Å². The van der Waals surface area contributed by atoms with Gasteiger partial charge in [0.1, 0.15) is 0 Å². The van der Waals surface area contributed by atoms with E-state index in [1.54, 1.807) is 16.4 Å². The molecule has 0 aromatic heterocycles. The summed E-state index contributed by atoms with van der Waals surface area (Å²) in [5, 5.41) is 3.08. The highest BCUT2D eigenvalue weighted by atomic mass is 14.3. The summed E-state index contributed by atoms with van der Waals surface area (Å²) in [6.07, 6.45) is 12.0. The summed E-state index contributed by atoms with van der Waals surface area (Å²) in [6, 6.07) is 4.61. The summed E-state index contributed by atoms with van der Waals surface area (Å²) in [5.41, 5.74) is 6.18. The van der Waals surface area contributed by atoms with Gasteiger partial charge in [0.2, 0.25) is 0 Å². The summed E-state index contributed by atoms with van der Waals surface area (Å²) < 4.78 is 0. The minimum Gasteiger partial charge on any atom is -0.0807 e. The van der Waals surface area contributed by atoms with E-state index in [0.717, 1.165) is 6.42 Å². The van der Waals surface area contributed by atoms with Crippen molar-refractivity contribution < 1.29 is 0 Å². The van der Waals surface area contributed by atoms with E-state index in [1.807, 2.05) is 0 Å². The zero-order chi connectivity index (χ0) is 12.3. The summed E-state index contributed by atoms with van der Waals surface area (Å²) in [5.74, 6) is 1.22. The van der Waals surface area contributed by atoms with Gasteiger partial charge in [-0.1, -0.05) is 43.4 Å². The van der Waals surface area contributed by atoms with Crippen molar-refractivity contribution in [2.45, 2.75) is 26.7 Å². The van der Waals surface area contributed by atoms with Crippen molar-refractivity contribution in [3.63, 3.8) is 0 Å². The third-order valence-corrected chi connectivity index (χ3v) is 4.74. The normalized spacial score (nSPS) is 27.4. The first-order chi connectivity index (χ1) is 8.75. The Labute approximate surface area is 108 Å². The third kappa shape index (κ3) is 1.21. The van der Waals surface area contributed by atoms with Crippen LogP contribution in [0.2, 0.25) is 0 Å². The molecule has 2 unspecified atom stereocenters. The van der Waals surface area contributed by atoms with Gasteiger partial charge >= 0.3 is 0 Å². The van der Waals surface area contributed by atoms with E-state index in [9.17, 15) is 0 Å². The van der Waals surface area contributed by atoms with Crippen LogP contribution in [0, 0.1) is 18.8 Å². The Hall–Kier alpha value is -1.56. The van der Waals surface area contributed by atoms with Gasteiger partial charge in [-0.25, -0.2) is 0 Å². The number of allylic oxidation sites excluding steroid dienone is 4. The van der Waals surface area contributed by atoms with E-state index < -0.39 is 0 Å². The van der Waals surface area contributed by atoms with E-state index in [2.05, 4.69) is 50.3 Å². The Bertz CT molecular complexity index is 713. The SMILES string of the molecule is Cc1ccc2c3c1=CCC1C=CC(C)C(=CC2)C=31. The van der Waals surface area contributed by atoms with Crippen LogP contribution in [0.5, 0.6) is 0 Å². The fourth-order valence-corrected chi connectivity index (χ4v) is 3.77. The van der Waals surface area contributed by atoms with Crippen molar-refractivity contribution in [2.24, 2.45) is 11.8 Å². The molecule has 18 heavy (non-hydrogen) atoms. The maximum Gasteiger partial charge on any atom is 0.00621 e. The molecule has 1 aromatic carbocycles. The lowest BCUT2D eigenvalue weighted by Crippen LogP contribution is -2.40. The average molecular weight is 234 g/mol. The highest BCUT2D eigenvalue weighted by Gasteiger charge is 2.28. The van der Waals surface area contributed by atoms with Gasteiger partial charge in [-0.15, -0.1) is 0 Å². The monoisotopic (exact) mass is 234 g/mol. The van der Waals surface area contributed by atoms with Crippen molar-refractivity contribution in [3.8, 4) is 0 Å². The van der Waals surface area contributed by atoms with Gasteiger partial charge in [0.25, 0.3) is 0 Å². The molecule has 0 heteroatoms. The molecule has 0 fully saturated rings. The predicted octanol–water partition coefficient (Wildman–Crippen LogP) is 2.63. The lowest BCUT2D eigenvalue weighted by molar-refractivity contribution is 0.749. The van der Waals surface area contributed by atoms with Gasteiger partial charge in [0.15, 0.2) is 0 Å². The number of aryl methyl sites for hydroxylation is 1. The molecule has 0 N–H and O–H groups in total. The van der Waals surface area contributed by atoms with Crippen LogP contribution in [-0.2, 0) is 6.42 Å². The number of hydrogen-bond acceptors (Lipinski definition) is 0. The Kier molecular flexibility index (Phi) is 2.00. The van der Waals surface area contributed by atoms with Crippen molar-refractivity contribution in [3.05, 3.63) is 57.5 Å². The molecule has 3 aliphatic carbocycles. The van der Waals surface area contributed by atoms with Crippen LogP contribution in [0.1, 0.15) is 24.5 Å². The molecule has 3 aliphatic rings. The van der Waals surface area contributed by atoms with Crippen LogP contribution in [0.15, 0.2) is 35.9 Å². The van der Waals surface area contributed by atoms with Gasteiger partial charge < -0.3 is 0 Å². The molecule has 0 nitrogen and oxygen atoms in total. The van der Waals surface area contributed by atoms with Gasteiger partial charge in [0.05, 0.1) is 0 Å². The van der Waals surface area contributed by atoms with E-state index in [0.29, 0.717) is 11.8 Å². The Morgan fingerprint density at radius 3 is 2.89 bits per heavy atom. The van der Waals surface area contributed by atoms with Crippen LogP contribution in [0.3, 0.4) is 0 Å². The first-order valence-corrected chi connectivity index (χ1v) is 6.97. The molecular formula is C18H18. The Morgan fingerprint density at radius 1 is 1.11 bits per heavy atom. The van der Waals surface area contributed by atoms with Gasteiger partial charge in [-0.2, -0.15) is 0 Å². The molecule has 2 atom stereocenters. The largest absolute Gasteiger partial charge is 0.0807 e. The van der Waals surface area contributed by atoms with Gasteiger partial charge in [0, 0.05) is 5.92 Å². The molecule has 0 spiro atoms. The molecule has 0 saturated carbocycles. The van der Waals surface area contributed by atoms with Crippen LogP contribution in [0.25, 0.3) is 11.6 Å². The molecule has 0 bridgehead atoms. The molecular weight excluding hydrogens is 216 g/mol.